The third kappa shape index (κ3) is 4.95. The van der Waals surface area contributed by atoms with Crippen LogP contribution in [0.5, 0.6) is 5.75 Å². The molecule has 0 aliphatic heterocycles. The predicted octanol–water partition coefficient (Wildman–Crippen LogP) is 4.04. The minimum Gasteiger partial charge on any atom is -0.435 e. The number of rotatable bonds is 7. The normalized spacial score (nSPS) is 11.1. The predicted molar refractivity (Wildman–Crippen MR) is 114 cm³/mol. The lowest BCUT2D eigenvalue weighted by Gasteiger charge is -2.08. The zero-order valence-electron chi connectivity index (χ0n) is 16.1. The van der Waals surface area contributed by atoms with Gasteiger partial charge in [-0.15, -0.1) is 11.3 Å². The van der Waals surface area contributed by atoms with Crippen LogP contribution < -0.4 is 15.6 Å². The van der Waals surface area contributed by atoms with E-state index in [1.54, 1.807) is 12.1 Å². The average molecular weight is 441 g/mol. The molecule has 6 nitrogen and oxygen atoms in total. The number of thiophene rings is 1. The van der Waals surface area contributed by atoms with Gasteiger partial charge in [0.2, 0.25) is 5.91 Å². The van der Waals surface area contributed by atoms with Crippen molar-refractivity contribution in [2.75, 3.05) is 0 Å². The summed E-state index contributed by atoms with van der Waals surface area (Å²) in [5.41, 5.74) is 2.03. The van der Waals surface area contributed by atoms with E-state index in [1.807, 2.05) is 36.4 Å². The molecule has 4 aromatic rings. The van der Waals surface area contributed by atoms with Crippen molar-refractivity contribution in [2.24, 2.45) is 0 Å². The number of amides is 1. The van der Waals surface area contributed by atoms with Gasteiger partial charge >= 0.3 is 6.61 Å². The zero-order valence-corrected chi connectivity index (χ0v) is 16.9. The van der Waals surface area contributed by atoms with Gasteiger partial charge in [0, 0.05) is 11.4 Å². The molecule has 1 N–H and O–H groups in total. The van der Waals surface area contributed by atoms with Gasteiger partial charge in [-0.25, -0.2) is 4.98 Å². The minimum absolute atomic E-state index is 0.0434. The van der Waals surface area contributed by atoms with Crippen LogP contribution in [0, 0.1) is 0 Å². The molecule has 0 unspecified atom stereocenters. The molecular formula is C22H17F2N3O3S. The molecule has 2 aromatic carbocycles. The van der Waals surface area contributed by atoms with Crippen molar-refractivity contribution in [2.45, 2.75) is 19.7 Å². The van der Waals surface area contributed by atoms with Gasteiger partial charge in [-0.2, -0.15) is 8.78 Å². The minimum atomic E-state index is -2.89. The largest absolute Gasteiger partial charge is 0.435 e. The molecule has 0 radical (unpaired) electrons. The molecule has 0 fully saturated rings. The van der Waals surface area contributed by atoms with Crippen molar-refractivity contribution >= 4 is 27.5 Å². The number of hydrogen-bond acceptors (Lipinski definition) is 5. The first-order valence-electron chi connectivity index (χ1n) is 9.34. The van der Waals surface area contributed by atoms with Crippen LogP contribution >= 0.6 is 11.3 Å². The summed E-state index contributed by atoms with van der Waals surface area (Å²) in [5, 5.41) is 2.70. The van der Waals surface area contributed by atoms with E-state index in [4.69, 9.17) is 0 Å². The number of halogens is 2. The fourth-order valence-corrected chi connectivity index (χ4v) is 4.07. The summed E-state index contributed by atoms with van der Waals surface area (Å²) in [7, 11) is 0. The van der Waals surface area contributed by atoms with Gasteiger partial charge in [-0.05, 0) is 29.3 Å². The van der Waals surface area contributed by atoms with E-state index >= 15 is 0 Å². The van der Waals surface area contributed by atoms with Crippen molar-refractivity contribution in [1.29, 1.82) is 0 Å². The Balaban J connectivity index is 1.42. The quantitative estimate of drug-likeness (QED) is 0.470. The maximum absolute atomic E-state index is 12.8. The second-order valence-corrected chi connectivity index (χ2v) is 7.72. The van der Waals surface area contributed by atoms with E-state index in [-0.39, 0.29) is 30.3 Å². The second kappa shape index (κ2) is 9.05. The van der Waals surface area contributed by atoms with Crippen LogP contribution in [0.3, 0.4) is 0 Å². The number of nitrogens with one attached hydrogen (secondary N) is 1. The van der Waals surface area contributed by atoms with E-state index in [9.17, 15) is 18.4 Å². The maximum atomic E-state index is 12.8. The van der Waals surface area contributed by atoms with Crippen molar-refractivity contribution in [3.05, 3.63) is 82.9 Å². The highest BCUT2D eigenvalue weighted by Crippen LogP contribution is 2.30. The number of carbonyl (C=O) groups is 1. The highest BCUT2D eigenvalue weighted by atomic mass is 32.1. The maximum Gasteiger partial charge on any atom is 0.387 e. The zero-order chi connectivity index (χ0) is 21.8. The van der Waals surface area contributed by atoms with Crippen LogP contribution in [0.15, 0.2) is 71.8 Å². The summed E-state index contributed by atoms with van der Waals surface area (Å²) in [6.45, 7) is -2.87. The van der Waals surface area contributed by atoms with E-state index < -0.39 is 6.61 Å². The SMILES string of the molecule is O=C(Cn1cnc2cc(-c3ccccc3)sc2c1=O)NCc1ccc(OC(F)F)cc1. The topological polar surface area (TPSA) is 73.2 Å². The summed E-state index contributed by atoms with van der Waals surface area (Å²) < 4.78 is 30.4. The molecule has 2 aromatic heterocycles. The summed E-state index contributed by atoms with van der Waals surface area (Å²) in [6, 6.07) is 17.5. The Bertz CT molecular complexity index is 1250. The van der Waals surface area contributed by atoms with Crippen molar-refractivity contribution in [3.8, 4) is 16.2 Å². The van der Waals surface area contributed by atoms with Crippen LogP contribution in [-0.2, 0) is 17.9 Å². The summed E-state index contributed by atoms with van der Waals surface area (Å²) >= 11 is 1.34. The molecule has 0 aliphatic rings. The van der Waals surface area contributed by atoms with Crippen molar-refractivity contribution < 1.29 is 18.3 Å². The van der Waals surface area contributed by atoms with Gasteiger partial charge in [0.1, 0.15) is 17.0 Å². The fraction of sp³-hybridized carbons (Fsp3) is 0.136. The van der Waals surface area contributed by atoms with Crippen LogP contribution in [0.25, 0.3) is 20.7 Å². The number of alkyl halides is 2. The Morgan fingerprint density at radius 3 is 2.58 bits per heavy atom. The molecule has 4 rings (SSSR count). The van der Waals surface area contributed by atoms with Crippen LogP contribution in [0.2, 0.25) is 0 Å². The van der Waals surface area contributed by atoms with Gasteiger partial charge < -0.3 is 10.1 Å². The van der Waals surface area contributed by atoms with Gasteiger partial charge in [-0.1, -0.05) is 42.5 Å². The first-order chi connectivity index (χ1) is 15.0. The number of nitrogens with zero attached hydrogens (tertiary/aromatic N) is 2. The molecule has 31 heavy (non-hydrogen) atoms. The van der Waals surface area contributed by atoms with E-state index in [0.29, 0.717) is 15.8 Å². The molecule has 9 heteroatoms. The molecule has 158 valence electrons. The average Bonchev–Trinajstić information content (AvgIpc) is 3.21. The molecule has 0 saturated heterocycles. The van der Waals surface area contributed by atoms with Crippen molar-refractivity contribution in [3.63, 3.8) is 0 Å². The summed E-state index contributed by atoms with van der Waals surface area (Å²) in [4.78, 5) is 30.3. The Kier molecular flexibility index (Phi) is 6.03. The molecular weight excluding hydrogens is 424 g/mol. The highest BCUT2D eigenvalue weighted by molar-refractivity contribution is 7.22. The Labute approximate surface area is 179 Å². The van der Waals surface area contributed by atoms with E-state index in [0.717, 1.165) is 10.4 Å². The number of fused-ring (bicyclic) bond motifs is 1. The van der Waals surface area contributed by atoms with Gasteiger partial charge in [0.15, 0.2) is 0 Å². The number of ether oxygens (including phenoxy) is 1. The Morgan fingerprint density at radius 1 is 1.13 bits per heavy atom. The van der Waals surface area contributed by atoms with Gasteiger partial charge in [-0.3, -0.25) is 14.2 Å². The lowest BCUT2D eigenvalue weighted by atomic mass is 10.2. The van der Waals surface area contributed by atoms with Crippen molar-refractivity contribution in [1.82, 2.24) is 14.9 Å². The fourth-order valence-electron chi connectivity index (χ4n) is 3.00. The van der Waals surface area contributed by atoms with E-state index in [1.165, 1.54) is 34.4 Å². The third-order valence-corrected chi connectivity index (χ3v) is 5.68. The first-order valence-corrected chi connectivity index (χ1v) is 10.2. The molecule has 0 bridgehead atoms. The molecule has 0 saturated carbocycles. The van der Waals surface area contributed by atoms with Crippen LogP contribution in [0.4, 0.5) is 8.78 Å². The lowest BCUT2D eigenvalue weighted by Crippen LogP contribution is -2.31. The standard InChI is InChI=1S/C22H17F2N3O3S/c23-22(24)30-16-8-6-14(7-9-16)11-25-19(28)12-27-13-26-17-10-18(31-20(17)21(27)29)15-4-2-1-3-5-15/h1-10,13,22H,11-12H2,(H,25,28). The molecule has 2 heterocycles. The Morgan fingerprint density at radius 2 is 1.87 bits per heavy atom. The Hall–Kier alpha value is -3.59. The second-order valence-electron chi connectivity index (χ2n) is 6.67. The number of hydrogen-bond donors (Lipinski definition) is 1. The lowest BCUT2D eigenvalue weighted by molar-refractivity contribution is -0.121. The molecule has 1 amide bonds. The summed E-state index contributed by atoms with van der Waals surface area (Å²) in [6.07, 6.45) is 1.36. The highest BCUT2D eigenvalue weighted by Gasteiger charge is 2.12. The van der Waals surface area contributed by atoms with Crippen LogP contribution in [-0.4, -0.2) is 22.1 Å². The van der Waals surface area contributed by atoms with Gasteiger partial charge in [0.05, 0.1) is 11.8 Å². The van der Waals surface area contributed by atoms with Crippen LogP contribution in [0.1, 0.15) is 5.56 Å². The van der Waals surface area contributed by atoms with Gasteiger partial charge in [0.25, 0.3) is 5.56 Å². The molecule has 0 aliphatic carbocycles. The first kappa shape index (κ1) is 20.7. The smallest absolute Gasteiger partial charge is 0.387 e. The summed E-state index contributed by atoms with van der Waals surface area (Å²) in [5.74, 6) is -0.321. The monoisotopic (exact) mass is 441 g/mol. The van der Waals surface area contributed by atoms with E-state index in [2.05, 4.69) is 15.0 Å². The third-order valence-electron chi connectivity index (χ3n) is 4.51. The molecule has 0 spiro atoms. The molecule has 0 atom stereocenters. The number of carbonyl (C=O) groups excluding carboxylic acids is 1. The number of benzene rings is 2. The number of aromatic nitrogens is 2.